The lowest BCUT2D eigenvalue weighted by atomic mass is 9.91. The van der Waals surface area contributed by atoms with E-state index in [1.54, 1.807) is 0 Å². The Morgan fingerprint density at radius 3 is 3.06 bits per heavy atom. The molecule has 3 nitrogen and oxygen atoms in total. The van der Waals surface area contributed by atoms with Crippen LogP contribution in [-0.2, 0) is 0 Å². The van der Waals surface area contributed by atoms with Crippen molar-refractivity contribution in [3.8, 4) is 0 Å². The van der Waals surface area contributed by atoms with Gasteiger partial charge in [0.1, 0.15) is 0 Å². The van der Waals surface area contributed by atoms with E-state index in [1.807, 2.05) is 24.3 Å². The van der Waals surface area contributed by atoms with E-state index in [4.69, 9.17) is 5.73 Å². The molecular formula is C13H20N2O. The van der Waals surface area contributed by atoms with Gasteiger partial charge in [0.2, 0.25) is 0 Å². The SMILES string of the molecule is Nc1cccc(C(O)CC2CCCNC2)c1. The number of nitrogens with one attached hydrogen (secondary N) is 1. The average molecular weight is 220 g/mol. The summed E-state index contributed by atoms with van der Waals surface area (Å²) in [7, 11) is 0. The fourth-order valence-electron chi connectivity index (χ4n) is 2.34. The van der Waals surface area contributed by atoms with E-state index < -0.39 is 0 Å². The first kappa shape index (κ1) is 11.4. The minimum absolute atomic E-state index is 0.381. The van der Waals surface area contributed by atoms with Crippen LogP contribution in [0.25, 0.3) is 0 Å². The topological polar surface area (TPSA) is 58.3 Å². The zero-order chi connectivity index (χ0) is 11.4. The molecule has 0 radical (unpaired) electrons. The summed E-state index contributed by atoms with van der Waals surface area (Å²) in [4.78, 5) is 0. The minimum atomic E-state index is -0.381. The molecule has 1 heterocycles. The Kier molecular flexibility index (Phi) is 3.80. The van der Waals surface area contributed by atoms with Crippen LogP contribution in [0.3, 0.4) is 0 Å². The Morgan fingerprint density at radius 1 is 1.50 bits per heavy atom. The molecule has 1 fully saturated rings. The highest BCUT2D eigenvalue weighted by molar-refractivity contribution is 5.41. The summed E-state index contributed by atoms with van der Waals surface area (Å²) in [5.41, 5.74) is 7.36. The molecule has 1 saturated heterocycles. The number of benzene rings is 1. The molecule has 3 heteroatoms. The number of hydrogen-bond donors (Lipinski definition) is 3. The lowest BCUT2D eigenvalue weighted by Gasteiger charge is -2.25. The van der Waals surface area contributed by atoms with Crippen molar-refractivity contribution in [2.24, 2.45) is 5.92 Å². The molecule has 16 heavy (non-hydrogen) atoms. The Bertz CT molecular complexity index is 334. The molecule has 4 N–H and O–H groups in total. The molecule has 0 saturated carbocycles. The van der Waals surface area contributed by atoms with Gasteiger partial charge < -0.3 is 16.2 Å². The van der Waals surface area contributed by atoms with Crippen LogP contribution in [0.1, 0.15) is 30.9 Å². The van der Waals surface area contributed by atoms with Gasteiger partial charge in [-0.2, -0.15) is 0 Å². The first-order chi connectivity index (χ1) is 7.75. The van der Waals surface area contributed by atoms with Gasteiger partial charge in [0.15, 0.2) is 0 Å². The van der Waals surface area contributed by atoms with Crippen LogP contribution in [0, 0.1) is 5.92 Å². The molecule has 2 rings (SSSR count). The van der Waals surface area contributed by atoms with Gasteiger partial charge in [-0.05, 0) is 56.0 Å². The molecule has 0 bridgehead atoms. The smallest absolute Gasteiger partial charge is 0.0793 e. The number of hydrogen-bond acceptors (Lipinski definition) is 3. The molecule has 2 unspecified atom stereocenters. The Labute approximate surface area is 96.7 Å². The van der Waals surface area contributed by atoms with Gasteiger partial charge in [-0.15, -0.1) is 0 Å². The molecular weight excluding hydrogens is 200 g/mol. The summed E-state index contributed by atoms with van der Waals surface area (Å²) in [6.45, 7) is 2.14. The van der Waals surface area contributed by atoms with Crippen molar-refractivity contribution in [3.63, 3.8) is 0 Å². The van der Waals surface area contributed by atoms with E-state index in [2.05, 4.69) is 5.32 Å². The van der Waals surface area contributed by atoms with Crippen LogP contribution in [-0.4, -0.2) is 18.2 Å². The molecule has 1 aliphatic heterocycles. The van der Waals surface area contributed by atoms with Crippen molar-refractivity contribution in [2.45, 2.75) is 25.4 Å². The molecule has 1 aromatic carbocycles. The van der Waals surface area contributed by atoms with Crippen LogP contribution in [0.2, 0.25) is 0 Å². The number of nitrogen functional groups attached to an aromatic ring is 1. The van der Waals surface area contributed by atoms with E-state index in [9.17, 15) is 5.11 Å². The van der Waals surface area contributed by atoms with Crippen LogP contribution < -0.4 is 11.1 Å². The molecule has 0 aromatic heterocycles. The molecule has 2 atom stereocenters. The molecule has 0 amide bonds. The summed E-state index contributed by atoms with van der Waals surface area (Å²) in [5.74, 6) is 0.588. The standard InChI is InChI=1S/C13H20N2O/c14-12-5-1-4-11(8-12)13(16)7-10-3-2-6-15-9-10/h1,4-5,8,10,13,15-16H,2-3,6-7,9,14H2. The highest BCUT2D eigenvalue weighted by Crippen LogP contribution is 2.25. The van der Waals surface area contributed by atoms with E-state index in [-0.39, 0.29) is 6.10 Å². The van der Waals surface area contributed by atoms with E-state index >= 15 is 0 Å². The molecule has 88 valence electrons. The lowest BCUT2D eigenvalue weighted by molar-refractivity contribution is 0.135. The summed E-state index contributed by atoms with van der Waals surface area (Å²) in [5, 5.41) is 13.5. The van der Waals surface area contributed by atoms with Crippen molar-refractivity contribution in [1.29, 1.82) is 0 Å². The maximum absolute atomic E-state index is 10.1. The van der Waals surface area contributed by atoms with Crippen molar-refractivity contribution in [3.05, 3.63) is 29.8 Å². The largest absolute Gasteiger partial charge is 0.399 e. The number of piperidine rings is 1. The lowest BCUT2D eigenvalue weighted by Crippen LogP contribution is -2.30. The van der Waals surface area contributed by atoms with Gasteiger partial charge in [-0.1, -0.05) is 12.1 Å². The van der Waals surface area contributed by atoms with Crippen molar-refractivity contribution < 1.29 is 5.11 Å². The summed E-state index contributed by atoms with van der Waals surface area (Å²) < 4.78 is 0. The van der Waals surface area contributed by atoms with Gasteiger partial charge in [0, 0.05) is 5.69 Å². The second-order valence-corrected chi connectivity index (χ2v) is 4.63. The third kappa shape index (κ3) is 2.97. The van der Waals surface area contributed by atoms with Gasteiger partial charge >= 0.3 is 0 Å². The normalized spacial score (nSPS) is 22.9. The van der Waals surface area contributed by atoms with Crippen LogP contribution >= 0.6 is 0 Å². The van der Waals surface area contributed by atoms with Crippen LogP contribution in [0.5, 0.6) is 0 Å². The van der Waals surface area contributed by atoms with Gasteiger partial charge in [-0.3, -0.25) is 0 Å². The number of aliphatic hydroxyl groups excluding tert-OH is 1. The Morgan fingerprint density at radius 2 is 2.38 bits per heavy atom. The highest BCUT2D eigenvalue weighted by atomic mass is 16.3. The van der Waals surface area contributed by atoms with Crippen molar-refractivity contribution in [1.82, 2.24) is 5.32 Å². The van der Waals surface area contributed by atoms with Gasteiger partial charge in [0.25, 0.3) is 0 Å². The minimum Gasteiger partial charge on any atom is -0.399 e. The molecule has 1 aromatic rings. The van der Waals surface area contributed by atoms with Gasteiger partial charge in [0.05, 0.1) is 6.10 Å². The fourth-order valence-corrected chi connectivity index (χ4v) is 2.34. The quantitative estimate of drug-likeness (QED) is 0.679. The predicted molar refractivity (Wildman–Crippen MR) is 66.0 cm³/mol. The molecule has 1 aliphatic rings. The maximum atomic E-state index is 10.1. The average Bonchev–Trinajstić information content (AvgIpc) is 2.30. The first-order valence-corrected chi connectivity index (χ1v) is 6.00. The summed E-state index contributed by atoms with van der Waals surface area (Å²) >= 11 is 0. The zero-order valence-corrected chi connectivity index (χ0v) is 9.52. The summed E-state index contributed by atoms with van der Waals surface area (Å²) in [6, 6.07) is 7.55. The maximum Gasteiger partial charge on any atom is 0.0793 e. The van der Waals surface area contributed by atoms with Gasteiger partial charge in [-0.25, -0.2) is 0 Å². The van der Waals surface area contributed by atoms with Crippen molar-refractivity contribution >= 4 is 5.69 Å². The zero-order valence-electron chi connectivity index (χ0n) is 9.52. The fraction of sp³-hybridized carbons (Fsp3) is 0.538. The van der Waals surface area contributed by atoms with Crippen LogP contribution in [0.15, 0.2) is 24.3 Å². The number of aliphatic hydroxyl groups is 1. The third-order valence-corrected chi connectivity index (χ3v) is 3.25. The molecule has 0 spiro atoms. The second-order valence-electron chi connectivity index (χ2n) is 4.63. The number of nitrogens with two attached hydrogens (primary N) is 1. The second kappa shape index (κ2) is 5.32. The number of anilines is 1. The number of rotatable bonds is 3. The first-order valence-electron chi connectivity index (χ1n) is 6.00. The summed E-state index contributed by atoms with van der Waals surface area (Å²) in [6.07, 6.45) is 2.88. The van der Waals surface area contributed by atoms with E-state index in [0.717, 1.165) is 30.8 Å². The monoisotopic (exact) mass is 220 g/mol. The Balaban J connectivity index is 1.94. The van der Waals surface area contributed by atoms with Crippen molar-refractivity contribution in [2.75, 3.05) is 18.8 Å². The Hall–Kier alpha value is -1.06. The third-order valence-electron chi connectivity index (χ3n) is 3.25. The van der Waals surface area contributed by atoms with E-state index in [1.165, 1.54) is 12.8 Å². The van der Waals surface area contributed by atoms with Crippen LogP contribution in [0.4, 0.5) is 5.69 Å². The predicted octanol–water partition coefficient (Wildman–Crippen LogP) is 1.69. The highest BCUT2D eigenvalue weighted by Gasteiger charge is 2.18. The van der Waals surface area contributed by atoms with E-state index in [0.29, 0.717) is 5.92 Å². The molecule has 0 aliphatic carbocycles.